The van der Waals surface area contributed by atoms with Crippen molar-refractivity contribution in [3.05, 3.63) is 11.3 Å². The summed E-state index contributed by atoms with van der Waals surface area (Å²) in [6, 6.07) is 0. The smallest absolute Gasteiger partial charge is 0.339 e. The van der Waals surface area contributed by atoms with Crippen LogP contribution in [0.4, 0.5) is 5.82 Å². The first-order chi connectivity index (χ1) is 6.61. The molecule has 14 heavy (non-hydrogen) atoms. The van der Waals surface area contributed by atoms with Crippen molar-refractivity contribution in [1.82, 2.24) is 20.4 Å². The van der Waals surface area contributed by atoms with Crippen molar-refractivity contribution in [2.24, 2.45) is 0 Å². The van der Waals surface area contributed by atoms with Crippen LogP contribution >= 0.6 is 0 Å². The molecule has 7 nitrogen and oxygen atoms in total. The third kappa shape index (κ3) is 0.987. The summed E-state index contributed by atoms with van der Waals surface area (Å²) in [6.07, 6.45) is 0. The van der Waals surface area contributed by atoms with E-state index < -0.39 is 5.97 Å². The fraction of sp³-hybridized carbons (Fsp3) is 0.143. The molecule has 0 saturated heterocycles. The fourth-order valence-electron chi connectivity index (χ4n) is 1.30. The zero-order chi connectivity index (χ0) is 10.3. The zero-order valence-corrected chi connectivity index (χ0v) is 7.27. The van der Waals surface area contributed by atoms with Crippen LogP contribution in [0.1, 0.15) is 16.1 Å². The quantitative estimate of drug-likeness (QED) is 0.584. The number of hydrogen-bond acceptors (Lipinski definition) is 5. The number of fused-ring (bicyclic) bond motifs is 1. The number of aromatic amines is 1. The van der Waals surface area contributed by atoms with Gasteiger partial charge < -0.3 is 10.8 Å². The standard InChI is InChI=1S/C7H7N5O2/c1-2-3(7(13)14)4-5(6(8)9-2)11-12-10-4/h1H3,(H2,8,9)(H,13,14)(H,10,11,12). The second-order valence-electron chi connectivity index (χ2n) is 2.78. The highest BCUT2D eigenvalue weighted by atomic mass is 16.4. The van der Waals surface area contributed by atoms with Gasteiger partial charge in [0.2, 0.25) is 0 Å². The van der Waals surface area contributed by atoms with E-state index in [2.05, 4.69) is 20.4 Å². The van der Waals surface area contributed by atoms with Crippen LogP contribution in [0.5, 0.6) is 0 Å². The molecule has 0 aliphatic heterocycles. The number of hydrogen-bond donors (Lipinski definition) is 3. The number of aromatic nitrogens is 4. The molecule has 0 aromatic carbocycles. The average molecular weight is 193 g/mol. The molecular weight excluding hydrogens is 186 g/mol. The molecule has 0 aliphatic carbocycles. The number of carboxylic acid groups (broad SMARTS) is 1. The number of nitrogens with two attached hydrogens (primary N) is 1. The summed E-state index contributed by atoms with van der Waals surface area (Å²) in [4.78, 5) is 14.8. The molecular formula is C7H7N5O2. The van der Waals surface area contributed by atoms with E-state index in [0.717, 1.165) is 0 Å². The molecule has 0 saturated carbocycles. The van der Waals surface area contributed by atoms with Gasteiger partial charge in [0.05, 0.1) is 5.69 Å². The van der Waals surface area contributed by atoms with Gasteiger partial charge in [-0.2, -0.15) is 15.4 Å². The zero-order valence-electron chi connectivity index (χ0n) is 7.27. The predicted molar refractivity (Wildman–Crippen MR) is 47.8 cm³/mol. The highest BCUT2D eigenvalue weighted by Gasteiger charge is 2.18. The summed E-state index contributed by atoms with van der Waals surface area (Å²) < 4.78 is 0. The SMILES string of the molecule is Cc1nc(N)c2n[nH]nc2c1C(=O)O. The summed E-state index contributed by atoms with van der Waals surface area (Å²) >= 11 is 0. The fourth-order valence-corrected chi connectivity index (χ4v) is 1.30. The van der Waals surface area contributed by atoms with Crippen LogP contribution in [0.2, 0.25) is 0 Å². The van der Waals surface area contributed by atoms with Gasteiger partial charge >= 0.3 is 5.97 Å². The minimum atomic E-state index is -1.09. The summed E-state index contributed by atoms with van der Waals surface area (Å²) in [6.45, 7) is 1.56. The Morgan fingerprint density at radius 3 is 2.71 bits per heavy atom. The van der Waals surface area contributed by atoms with Crippen LogP contribution in [0.3, 0.4) is 0 Å². The van der Waals surface area contributed by atoms with Crippen molar-refractivity contribution < 1.29 is 9.90 Å². The topological polar surface area (TPSA) is 118 Å². The Morgan fingerprint density at radius 2 is 2.07 bits per heavy atom. The third-order valence-corrected chi connectivity index (χ3v) is 1.89. The Morgan fingerprint density at radius 1 is 1.43 bits per heavy atom. The van der Waals surface area contributed by atoms with Gasteiger partial charge in [-0.05, 0) is 6.92 Å². The van der Waals surface area contributed by atoms with Gasteiger partial charge in [0.15, 0.2) is 11.3 Å². The van der Waals surface area contributed by atoms with E-state index in [4.69, 9.17) is 10.8 Å². The van der Waals surface area contributed by atoms with E-state index in [9.17, 15) is 4.79 Å². The number of H-pyrrole nitrogens is 1. The van der Waals surface area contributed by atoms with Crippen molar-refractivity contribution in [3.8, 4) is 0 Å². The molecule has 2 heterocycles. The molecule has 2 aromatic heterocycles. The van der Waals surface area contributed by atoms with Gasteiger partial charge in [-0.1, -0.05) is 0 Å². The molecule has 0 unspecified atom stereocenters. The molecule has 4 N–H and O–H groups in total. The van der Waals surface area contributed by atoms with Crippen molar-refractivity contribution in [1.29, 1.82) is 0 Å². The van der Waals surface area contributed by atoms with Gasteiger partial charge in [-0.25, -0.2) is 9.78 Å². The van der Waals surface area contributed by atoms with Gasteiger partial charge in [0.25, 0.3) is 0 Å². The molecule has 7 heteroatoms. The number of carboxylic acids is 1. The molecule has 72 valence electrons. The normalized spacial score (nSPS) is 10.6. The van der Waals surface area contributed by atoms with E-state index in [0.29, 0.717) is 5.69 Å². The van der Waals surface area contributed by atoms with E-state index >= 15 is 0 Å². The van der Waals surface area contributed by atoms with Crippen LogP contribution in [0.15, 0.2) is 0 Å². The Kier molecular flexibility index (Phi) is 1.60. The summed E-state index contributed by atoms with van der Waals surface area (Å²) in [5.74, 6) is -0.912. The minimum Gasteiger partial charge on any atom is -0.478 e. The van der Waals surface area contributed by atoms with E-state index in [1.165, 1.54) is 0 Å². The average Bonchev–Trinajstić information content (AvgIpc) is 2.51. The Bertz CT molecular complexity index is 518. The van der Waals surface area contributed by atoms with Crippen LogP contribution in [0, 0.1) is 6.92 Å². The molecule has 0 atom stereocenters. The molecule has 2 rings (SSSR count). The number of nitrogen functional groups attached to an aromatic ring is 1. The highest BCUT2D eigenvalue weighted by molar-refractivity contribution is 6.03. The number of aryl methyl sites for hydroxylation is 1. The van der Waals surface area contributed by atoms with Crippen molar-refractivity contribution in [2.75, 3.05) is 5.73 Å². The number of nitrogens with zero attached hydrogens (tertiary/aromatic N) is 3. The number of nitrogens with one attached hydrogen (secondary N) is 1. The number of rotatable bonds is 1. The van der Waals surface area contributed by atoms with Crippen LogP contribution in [0.25, 0.3) is 11.0 Å². The first-order valence-electron chi connectivity index (χ1n) is 3.81. The van der Waals surface area contributed by atoms with E-state index in [1.807, 2.05) is 0 Å². The maximum atomic E-state index is 10.9. The van der Waals surface area contributed by atoms with Gasteiger partial charge in [0.1, 0.15) is 11.1 Å². The second-order valence-corrected chi connectivity index (χ2v) is 2.78. The maximum absolute atomic E-state index is 10.9. The minimum absolute atomic E-state index is 0.0305. The van der Waals surface area contributed by atoms with Gasteiger partial charge in [-0.15, -0.1) is 0 Å². The van der Waals surface area contributed by atoms with E-state index in [-0.39, 0.29) is 22.4 Å². The highest BCUT2D eigenvalue weighted by Crippen LogP contribution is 2.20. The van der Waals surface area contributed by atoms with Crippen molar-refractivity contribution in [3.63, 3.8) is 0 Å². The number of carbonyl (C=O) groups is 1. The monoisotopic (exact) mass is 193 g/mol. The van der Waals surface area contributed by atoms with Crippen LogP contribution in [-0.4, -0.2) is 31.5 Å². The lowest BCUT2D eigenvalue weighted by Crippen LogP contribution is -2.05. The van der Waals surface area contributed by atoms with Crippen molar-refractivity contribution >= 4 is 22.8 Å². The Balaban J connectivity index is 2.93. The first-order valence-corrected chi connectivity index (χ1v) is 3.81. The lowest BCUT2D eigenvalue weighted by molar-refractivity contribution is 0.0697. The molecule has 0 spiro atoms. The lowest BCUT2D eigenvalue weighted by atomic mass is 10.1. The molecule has 2 aromatic rings. The predicted octanol–water partition coefficient (Wildman–Crippen LogP) is -0.0583. The number of aromatic carboxylic acids is 1. The van der Waals surface area contributed by atoms with Gasteiger partial charge in [0, 0.05) is 0 Å². The molecule has 0 amide bonds. The van der Waals surface area contributed by atoms with Crippen molar-refractivity contribution in [2.45, 2.75) is 6.92 Å². The lowest BCUT2D eigenvalue weighted by Gasteiger charge is -2.01. The number of anilines is 1. The molecule has 0 fully saturated rings. The Labute approximate surface area is 77.9 Å². The molecule has 0 bridgehead atoms. The second kappa shape index (κ2) is 2.66. The molecule has 0 radical (unpaired) electrons. The summed E-state index contributed by atoms with van der Waals surface area (Å²) in [5, 5.41) is 18.7. The third-order valence-electron chi connectivity index (χ3n) is 1.89. The number of pyridine rings is 1. The van der Waals surface area contributed by atoms with Crippen LogP contribution < -0.4 is 5.73 Å². The Hall–Kier alpha value is -2.18. The van der Waals surface area contributed by atoms with E-state index in [1.54, 1.807) is 6.92 Å². The largest absolute Gasteiger partial charge is 0.478 e. The molecule has 0 aliphatic rings. The van der Waals surface area contributed by atoms with Gasteiger partial charge in [-0.3, -0.25) is 0 Å². The summed E-state index contributed by atoms with van der Waals surface area (Å²) in [5.41, 5.74) is 6.43. The maximum Gasteiger partial charge on any atom is 0.339 e. The summed E-state index contributed by atoms with van der Waals surface area (Å²) in [7, 11) is 0. The van der Waals surface area contributed by atoms with Crippen LogP contribution in [-0.2, 0) is 0 Å². The first kappa shape index (κ1) is 8.42.